The number of aliphatic imine (C=N–C) groups is 1. The zero-order chi connectivity index (χ0) is 22.6. The molecule has 2 aromatic carbocycles. The highest BCUT2D eigenvalue weighted by Crippen LogP contribution is 2.23. The average Bonchev–Trinajstić information content (AvgIpc) is 2.99. The van der Waals surface area contributed by atoms with Gasteiger partial charge in [0.25, 0.3) is 21.8 Å². The van der Waals surface area contributed by atoms with Gasteiger partial charge in [0.2, 0.25) is 0 Å². The standard InChI is InChI=1S/C22H26N4O4S/c1-4-5-9-18(23-20-17-8-6-7-10-19(17)31(29,30)26-20)22(28)25-24-21(27)16-12-11-14(2)13-15(16)3/h6-8,10-13,18H,4-5,9H2,1-3H3,(H,23,26)(H,24,27)(H,25,28). The SMILES string of the molecule is CCCCC(N=C1NS(=O)(=O)c2ccccc21)C(=O)NNC(=O)c1ccc(C)cc1C. The number of nitrogens with one attached hydrogen (secondary N) is 3. The second-order valence-electron chi connectivity index (χ2n) is 7.50. The number of rotatable bonds is 6. The molecule has 31 heavy (non-hydrogen) atoms. The predicted molar refractivity (Wildman–Crippen MR) is 118 cm³/mol. The molecule has 1 unspecified atom stereocenters. The summed E-state index contributed by atoms with van der Waals surface area (Å²) in [6.07, 6.45) is 1.97. The fraction of sp³-hybridized carbons (Fsp3) is 0.318. The Kier molecular flexibility index (Phi) is 6.74. The fourth-order valence-corrected chi connectivity index (χ4v) is 4.61. The van der Waals surface area contributed by atoms with E-state index >= 15 is 0 Å². The van der Waals surface area contributed by atoms with E-state index in [0.717, 1.165) is 17.5 Å². The molecule has 0 radical (unpaired) electrons. The molecule has 2 amide bonds. The van der Waals surface area contributed by atoms with Gasteiger partial charge < -0.3 is 0 Å². The van der Waals surface area contributed by atoms with Crippen molar-refractivity contribution in [2.75, 3.05) is 0 Å². The highest BCUT2D eigenvalue weighted by atomic mass is 32.2. The summed E-state index contributed by atoms with van der Waals surface area (Å²) < 4.78 is 27.0. The molecule has 9 heteroatoms. The van der Waals surface area contributed by atoms with Gasteiger partial charge in [0.05, 0.1) is 4.90 Å². The lowest BCUT2D eigenvalue weighted by Gasteiger charge is -2.15. The van der Waals surface area contributed by atoms with Crippen LogP contribution in [0.2, 0.25) is 0 Å². The Bertz CT molecular complexity index is 1140. The molecule has 0 aliphatic carbocycles. The number of amides is 2. The Balaban J connectivity index is 1.77. The van der Waals surface area contributed by atoms with Crippen molar-refractivity contribution >= 4 is 27.7 Å². The van der Waals surface area contributed by atoms with E-state index in [9.17, 15) is 18.0 Å². The molecule has 1 atom stereocenters. The van der Waals surface area contributed by atoms with E-state index < -0.39 is 27.9 Å². The van der Waals surface area contributed by atoms with Crippen molar-refractivity contribution < 1.29 is 18.0 Å². The topological polar surface area (TPSA) is 117 Å². The first-order chi connectivity index (χ1) is 14.7. The quantitative estimate of drug-likeness (QED) is 0.596. The van der Waals surface area contributed by atoms with Crippen molar-refractivity contribution in [3.05, 3.63) is 64.7 Å². The van der Waals surface area contributed by atoms with E-state index in [4.69, 9.17) is 0 Å². The smallest absolute Gasteiger partial charge is 0.269 e. The molecule has 3 N–H and O–H groups in total. The Morgan fingerprint density at radius 3 is 2.55 bits per heavy atom. The van der Waals surface area contributed by atoms with Crippen LogP contribution in [-0.4, -0.2) is 32.1 Å². The number of nitrogens with zero attached hydrogens (tertiary/aromatic N) is 1. The van der Waals surface area contributed by atoms with Gasteiger partial charge in [0.1, 0.15) is 11.9 Å². The minimum Gasteiger partial charge on any atom is -0.271 e. The molecule has 0 spiro atoms. The van der Waals surface area contributed by atoms with Gasteiger partial charge in [0.15, 0.2) is 0 Å². The molecule has 0 saturated heterocycles. The first-order valence-electron chi connectivity index (χ1n) is 10.1. The number of hydrogen-bond acceptors (Lipinski definition) is 5. The van der Waals surface area contributed by atoms with Crippen molar-refractivity contribution in [3.63, 3.8) is 0 Å². The van der Waals surface area contributed by atoms with Crippen molar-refractivity contribution in [1.82, 2.24) is 15.6 Å². The third-order valence-corrected chi connectivity index (χ3v) is 6.40. The molecule has 1 aliphatic heterocycles. The summed E-state index contributed by atoms with van der Waals surface area (Å²) in [5.74, 6) is -0.810. The molecule has 2 aromatic rings. The second kappa shape index (κ2) is 9.30. The molecule has 1 aliphatic rings. The number of amidine groups is 1. The van der Waals surface area contributed by atoms with Gasteiger partial charge in [-0.05, 0) is 44.0 Å². The van der Waals surface area contributed by atoms with E-state index in [1.165, 1.54) is 6.07 Å². The summed E-state index contributed by atoms with van der Waals surface area (Å²) in [7, 11) is -3.70. The number of hydrogen-bond donors (Lipinski definition) is 3. The summed E-state index contributed by atoms with van der Waals surface area (Å²) in [5.41, 5.74) is 7.58. The van der Waals surface area contributed by atoms with E-state index in [2.05, 4.69) is 20.6 Å². The molecule has 0 aromatic heterocycles. The van der Waals surface area contributed by atoms with E-state index in [1.807, 2.05) is 32.9 Å². The molecule has 0 bridgehead atoms. The lowest BCUT2D eigenvalue weighted by atomic mass is 10.1. The third-order valence-electron chi connectivity index (χ3n) is 5.01. The first-order valence-corrected chi connectivity index (χ1v) is 11.6. The number of sulfonamides is 1. The van der Waals surface area contributed by atoms with Crippen molar-refractivity contribution in [2.45, 2.75) is 51.0 Å². The number of benzene rings is 2. The van der Waals surface area contributed by atoms with Crippen molar-refractivity contribution in [1.29, 1.82) is 0 Å². The van der Waals surface area contributed by atoms with Crippen LogP contribution in [0, 0.1) is 13.8 Å². The van der Waals surface area contributed by atoms with Gasteiger partial charge in [-0.25, -0.2) is 8.42 Å². The summed E-state index contributed by atoms with van der Waals surface area (Å²) in [6.45, 7) is 5.74. The molecular weight excluding hydrogens is 416 g/mol. The van der Waals surface area contributed by atoms with Crippen LogP contribution < -0.4 is 15.6 Å². The van der Waals surface area contributed by atoms with Gasteiger partial charge in [-0.1, -0.05) is 49.6 Å². The van der Waals surface area contributed by atoms with Crippen LogP contribution in [0.4, 0.5) is 0 Å². The number of carbonyl (C=O) groups excluding carboxylic acids is 2. The lowest BCUT2D eigenvalue weighted by molar-refractivity contribution is -0.123. The van der Waals surface area contributed by atoms with Gasteiger partial charge in [0, 0.05) is 11.1 Å². The molecule has 8 nitrogen and oxygen atoms in total. The van der Waals surface area contributed by atoms with Crippen LogP contribution in [0.1, 0.15) is 53.2 Å². The fourth-order valence-electron chi connectivity index (χ4n) is 3.37. The Labute approximate surface area is 182 Å². The largest absolute Gasteiger partial charge is 0.271 e. The van der Waals surface area contributed by atoms with Crippen LogP contribution in [0.25, 0.3) is 0 Å². The zero-order valence-corrected chi connectivity index (χ0v) is 18.5. The molecular formula is C22H26N4O4S. The predicted octanol–water partition coefficient (Wildman–Crippen LogP) is 2.36. The number of aryl methyl sites for hydroxylation is 2. The van der Waals surface area contributed by atoms with Gasteiger partial charge in [-0.2, -0.15) is 0 Å². The van der Waals surface area contributed by atoms with E-state index in [1.54, 1.807) is 24.3 Å². The number of fused-ring (bicyclic) bond motifs is 1. The summed E-state index contributed by atoms with van der Waals surface area (Å²) in [5, 5.41) is 0. The van der Waals surface area contributed by atoms with E-state index in [-0.39, 0.29) is 10.7 Å². The maximum Gasteiger partial charge on any atom is 0.269 e. The minimum absolute atomic E-state index is 0.131. The molecule has 0 fully saturated rings. The summed E-state index contributed by atoms with van der Waals surface area (Å²) >= 11 is 0. The summed E-state index contributed by atoms with van der Waals surface area (Å²) in [4.78, 5) is 29.8. The molecule has 164 valence electrons. The van der Waals surface area contributed by atoms with Gasteiger partial charge in [-0.3, -0.25) is 30.2 Å². The molecule has 0 saturated carbocycles. The van der Waals surface area contributed by atoms with Crippen LogP contribution in [0.15, 0.2) is 52.4 Å². The van der Waals surface area contributed by atoms with Gasteiger partial charge >= 0.3 is 0 Å². The van der Waals surface area contributed by atoms with Crippen molar-refractivity contribution in [3.8, 4) is 0 Å². The van der Waals surface area contributed by atoms with Crippen LogP contribution >= 0.6 is 0 Å². The number of hydrazine groups is 1. The van der Waals surface area contributed by atoms with Gasteiger partial charge in [-0.15, -0.1) is 0 Å². The van der Waals surface area contributed by atoms with Crippen molar-refractivity contribution in [2.24, 2.45) is 4.99 Å². The van der Waals surface area contributed by atoms with Crippen LogP contribution in [0.5, 0.6) is 0 Å². The maximum absolute atomic E-state index is 12.8. The Morgan fingerprint density at radius 1 is 1.10 bits per heavy atom. The zero-order valence-electron chi connectivity index (χ0n) is 17.7. The highest BCUT2D eigenvalue weighted by molar-refractivity contribution is 7.90. The molecule has 1 heterocycles. The molecule has 3 rings (SSSR count). The first kappa shape index (κ1) is 22.5. The monoisotopic (exact) mass is 442 g/mol. The lowest BCUT2D eigenvalue weighted by Crippen LogP contribution is -2.46. The van der Waals surface area contributed by atoms with Crippen LogP contribution in [-0.2, 0) is 14.8 Å². The minimum atomic E-state index is -3.70. The highest BCUT2D eigenvalue weighted by Gasteiger charge is 2.31. The van der Waals surface area contributed by atoms with E-state index in [0.29, 0.717) is 24.0 Å². The average molecular weight is 443 g/mol. The number of unbranched alkanes of at least 4 members (excludes halogenated alkanes) is 1. The van der Waals surface area contributed by atoms with Crippen LogP contribution in [0.3, 0.4) is 0 Å². The Morgan fingerprint density at radius 2 is 1.84 bits per heavy atom. The second-order valence-corrected chi connectivity index (χ2v) is 9.15. The summed E-state index contributed by atoms with van der Waals surface area (Å²) in [6, 6.07) is 11.0. The Hall–Kier alpha value is -3.20. The maximum atomic E-state index is 12.8. The normalized spacial score (nSPS) is 16.3. The number of carbonyl (C=O) groups is 2. The third kappa shape index (κ3) is 5.11.